The SMILES string of the molecule is CC1CCC(Nc2ccccc2NC(=O)OC(C)(C)C)C1. The van der Waals surface area contributed by atoms with Crippen LogP contribution in [0.2, 0.25) is 0 Å². The molecule has 2 N–H and O–H groups in total. The second-order valence-electron chi connectivity index (χ2n) is 6.93. The number of amides is 1. The van der Waals surface area contributed by atoms with Gasteiger partial charge in [0.1, 0.15) is 5.60 Å². The molecule has 0 heterocycles. The molecule has 4 heteroatoms. The molecule has 4 nitrogen and oxygen atoms in total. The number of carbonyl (C=O) groups excluding carboxylic acids is 1. The second-order valence-corrected chi connectivity index (χ2v) is 6.93. The Labute approximate surface area is 127 Å². The monoisotopic (exact) mass is 290 g/mol. The number of hydrogen-bond acceptors (Lipinski definition) is 3. The first-order valence-corrected chi connectivity index (χ1v) is 7.69. The summed E-state index contributed by atoms with van der Waals surface area (Å²) >= 11 is 0. The van der Waals surface area contributed by atoms with Crippen LogP contribution in [0, 0.1) is 5.92 Å². The number of carbonyl (C=O) groups is 1. The summed E-state index contributed by atoms with van der Waals surface area (Å²) in [6, 6.07) is 8.26. The summed E-state index contributed by atoms with van der Waals surface area (Å²) in [6.07, 6.45) is 3.21. The van der Waals surface area contributed by atoms with Crippen molar-refractivity contribution in [2.75, 3.05) is 10.6 Å². The molecule has 1 amide bonds. The van der Waals surface area contributed by atoms with Crippen molar-refractivity contribution in [3.63, 3.8) is 0 Å². The highest BCUT2D eigenvalue weighted by Crippen LogP contribution is 2.30. The summed E-state index contributed by atoms with van der Waals surface area (Å²) in [5, 5.41) is 6.37. The van der Waals surface area contributed by atoms with E-state index < -0.39 is 11.7 Å². The third kappa shape index (κ3) is 4.96. The zero-order valence-electron chi connectivity index (χ0n) is 13.4. The number of anilines is 2. The van der Waals surface area contributed by atoms with Gasteiger partial charge >= 0.3 is 6.09 Å². The van der Waals surface area contributed by atoms with Crippen molar-refractivity contribution in [1.82, 2.24) is 0 Å². The minimum Gasteiger partial charge on any atom is -0.444 e. The van der Waals surface area contributed by atoms with Crippen LogP contribution in [0.3, 0.4) is 0 Å². The fraction of sp³-hybridized carbons (Fsp3) is 0.588. The topological polar surface area (TPSA) is 50.4 Å². The number of para-hydroxylation sites is 2. The summed E-state index contributed by atoms with van der Waals surface area (Å²) in [4.78, 5) is 11.9. The van der Waals surface area contributed by atoms with E-state index in [1.165, 1.54) is 19.3 Å². The van der Waals surface area contributed by atoms with Gasteiger partial charge in [-0.2, -0.15) is 0 Å². The van der Waals surface area contributed by atoms with Gasteiger partial charge in [0, 0.05) is 6.04 Å². The maximum absolute atomic E-state index is 11.9. The van der Waals surface area contributed by atoms with E-state index in [1.54, 1.807) is 0 Å². The molecule has 0 spiro atoms. The van der Waals surface area contributed by atoms with E-state index in [1.807, 2.05) is 45.0 Å². The van der Waals surface area contributed by atoms with Crippen molar-refractivity contribution in [3.05, 3.63) is 24.3 Å². The van der Waals surface area contributed by atoms with Gasteiger partial charge in [-0.15, -0.1) is 0 Å². The predicted molar refractivity (Wildman–Crippen MR) is 86.7 cm³/mol. The zero-order valence-corrected chi connectivity index (χ0v) is 13.4. The van der Waals surface area contributed by atoms with Gasteiger partial charge in [0.15, 0.2) is 0 Å². The summed E-state index contributed by atoms with van der Waals surface area (Å²) < 4.78 is 5.31. The van der Waals surface area contributed by atoms with Crippen molar-refractivity contribution in [2.24, 2.45) is 5.92 Å². The number of hydrogen-bond donors (Lipinski definition) is 2. The molecule has 2 atom stereocenters. The van der Waals surface area contributed by atoms with Gasteiger partial charge in [0.05, 0.1) is 11.4 Å². The van der Waals surface area contributed by atoms with Crippen LogP contribution in [-0.2, 0) is 4.74 Å². The molecule has 1 fully saturated rings. The molecule has 1 aliphatic carbocycles. The molecule has 0 bridgehead atoms. The molecule has 0 aliphatic heterocycles. The lowest BCUT2D eigenvalue weighted by Gasteiger charge is -2.21. The Bertz CT molecular complexity index is 494. The van der Waals surface area contributed by atoms with Crippen LogP contribution in [0.15, 0.2) is 24.3 Å². The summed E-state index contributed by atoms with van der Waals surface area (Å²) in [5.41, 5.74) is 1.24. The van der Waals surface area contributed by atoms with Crippen LogP contribution in [0.4, 0.5) is 16.2 Å². The van der Waals surface area contributed by atoms with E-state index in [4.69, 9.17) is 4.74 Å². The van der Waals surface area contributed by atoms with Crippen LogP contribution in [0.25, 0.3) is 0 Å². The van der Waals surface area contributed by atoms with Crippen molar-refractivity contribution in [2.45, 2.75) is 58.6 Å². The van der Waals surface area contributed by atoms with Crippen LogP contribution >= 0.6 is 0 Å². The van der Waals surface area contributed by atoms with E-state index in [0.717, 1.165) is 17.3 Å². The molecular weight excluding hydrogens is 264 g/mol. The van der Waals surface area contributed by atoms with Crippen LogP contribution in [0.1, 0.15) is 47.0 Å². The number of rotatable bonds is 3. The van der Waals surface area contributed by atoms with Gasteiger partial charge in [-0.25, -0.2) is 4.79 Å². The lowest BCUT2D eigenvalue weighted by molar-refractivity contribution is 0.0636. The lowest BCUT2D eigenvalue weighted by atomic mass is 10.1. The summed E-state index contributed by atoms with van der Waals surface area (Å²) in [7, 11) is 0. The zero-order chi connectivity index (χ0) is 15.5. The minimum absolute atomic E-state index is 0.420. The highest BCUT2D eigenvalue weighted by molar-refractivity contribution is 5.89. The molecule has 21 heavy (non-hydrogen) atoms. The largest absolute Gasteiger partial charge is 0.444 e. The summed E-state index contributed by atoms with van der Waals surface area (Å²) in [6.45, 7) is 7.86. The van der Waals surface area contributed by atoms with Gasteiger partial charge in [0.2, 0.25) is 0 Å². The van der Waals surface area contributed by atoms with Gasteiger partial charge < -0.3 is 10.1 Å². The highest BCUT2D eigenvalue weighted by atomic mass is 16.6. The Morgan fingerprint density at radius 1 is 1.19 bits per heavy atom. The number of benzene rings is 1. The van der Waals surface area contributed by atoms with Crippen LogP contribution < -0.4 is 10.6 Å². The Balaban J connectivity index is 2.01. The molecule has 1 aliphatic rings. The molecule has 116 valence electrons. The van der Waals surface area contributed by atoms with Crippen molar-refractivity contribution >= 4 is 17.5 Å². The average molecular weight is 290 g/mol. The van der Waals surface area contributed by atoms with Crippen molar-refractivity contribution in [3.8, 4) is 0 Å². The van der Waals surface area contributed by atoms with Gasteiger partial charge in [-0.3, -0.25) is 5.32 Å². The van der Waals surface area contributed by atoms with Gasteiger partial charge in [0.25, 0.3) is 0 Å². The molecule has 0 radical (unpaired) electrons. The predicted octanol–water partition coefficient (Wildman–Crippen LogP) is 4.63. The van der Waals surface area contributed by atoms with E-state index in [0.29, 0.717) is 6.04 Å². The molecule has 1 saturated carbocycles. The fourth-order valence-corrected chi connectivity index (χ4v) is 2.69. The van der Waals surface area contributed by atoms with Crippen LogP contribution in [-0.4, -0.2) is 17.7 Å². The molecule has 1 aromatic carbocycles. The van der Waals surface area contributed by atoms with E-state index in [-0.39, 0.29) is 0 Å². The fourth-order valence-electron chi connectivity index (χ4n) is 2.69. The van der Waals surface area contributed by atoms with E-state index in [9.17, 15) is 4.79 Å². The van der Waals surface area contributed by atoms with Crippen LogP contribution in [0.5, 0.6) is 0 Å². The first kappa shape index (κ1) is 15.7. The van der Waals surface area contributed by atoms with Gasteiger partial charge in [-0.1, -0.05) is 19.1 Å². The molecule has 2 rings (SSSR count). The van der Waals surface area contributed by atoms with E-state index in [2.05, 4.69) is 17.6 Å². The molecular formula is C17H26N2O2. The van der Waals surface area contributed by atoms with Gasteiger partial charge in [-0.05, 0) is 58.1 Å². The van der Waals surface area contributed by atoms with E-state index >= 15 is 0 Å². The maximum atomic E-state index is 11.9. The Hall–Kier alpha value is -1.71. The normalized spacial score (nSPS) is 21.9. The standard InChI is InChI=1S/C17H26N2O2/c1-12-9-10-13(11-12)18-14-7-5-6-8-15(14)19-16(20)21-17(2,3)4/h5-8,12-13,18H,9-11H2,1-4H3,(H,19,20). The lowest BCUT2D eigenvalue weighted by Crippen LogP contribution is -2.27. The quantitative estimate of drug-likeness (QED) is 0.853. The Morgan fingerprint density at radius 3 is 2.43 bits per heavy atom. The smallest absolute Gasteiger partial charge is 0.412 e. The third-order valence-electron chi connectivity index (χ3n) is 3.62. The Morgan fingerprint density at radius 2 is 1.86 bits per heavy atom. The molecule has 0 saturated heterocycles. The molecule has 1 aromatic rings. The highest BCUT2D eigenvalue weighted by Gasteiger charge is 2.22. The first-order valence-electron chi connectivity index (χ1n) is 7.69. The number of nitrogens with one attached hydrogen (secondary N) is 2. The molecule has 2 unspecified atom stereocenters. The minimum atomic E-state index is -0.493. The first-order chi connectivity index (χ1) is 9.83. The summed E-state index contributed by atoms with van der Waals surface area (Å²) in [5.74, 6) is 0.772. The Kier molecular flexibility index (Phi) is 4.76. The third-order valence-corrected chi connectivity index (χ3v) is 3.62. The maximum Gasteiger partial charge on any atom is 0.412 e. The van der Waals surface area contributed by atoms with Crippen molar-refractivity contribution in [1.29, 1.82) is 0 Å². The van der Waals surface area contributed by atoms with Crippen molar-refractivity contribution < 1.29 is 9.53 Å². The number of ether oxygens (including phenoxy) is 1. The average Bonchev–Trinajstić information content (AvgIpc) is 2.75. The molecule has 0 aromatic heterocycles. The second kappa shape index (κ2) is 6.37.